The Bertz CT molecular complexity index is 628. The molecule has 0 unspecified atom stereocenters. The van der Waals surface area contributed by atoms with Crippen LogP contribution in [0.25, 0.3) is 0 Å². The van der Waals surface area contributed by atoms with Crippen molar-refractivity contribution in [1.82, 2.24) is 0 Å². The highest BCUT2D eigenvalue weighted by molar-refractivity contribution is 9.10. The molecule has 1 atom stereocenters. The van der Waals surface area contributed by atoms with Gasteiger partial charge in [-0.15, -0.1) is 13.2 Å². The fraction of sp³-hybridized carbons (Fsp3) is 0.143. The molecular formula is C14H10BrF4NO. The van der Waals surface area contributed by atoms with Crippen LogP contribution in [-0.2, 0) is 0 Å². The molecule has 112 valence electrons. The molecule has 2 aromatic rings. The number of hydrogen-bond donors (Lipinski definition) is 1. The van der Waals surface area contributed by atoms with Gasteiger partial charge in [-0.25, -0.2) is 4.39 Å². The van der Waals surface area contributed by atoms with Crippen LogP contribution in [0.4, 0.5) is 17.6 Å². The molecule has 0 saturated carbocycles. The van der Waals surface area contributed by atoms with Crippen LogP contribution in [0.15, 0.2) is 46.9 Å². The number of halogens is 5. The highest BCUT2D eigenvalue weighted by atomic mass is 79.9. The zero-order valence-corrected chi connectivity index (χ0v) is 12.1. The van der Waals surface area contributed by atoms with E-state index in [1.165, 1.54) is 24.3 Å². The largest absolute Gasteiger partial charge is 0.573 e. The Labute approximate surface area is 126 Å². The van der Waals surface area contributed by atoms with Gasteiger partial charge in [-0.1, -0.05) is 24.3 Å². The fourth-order valence-electron chi connectivity index (χ4n) is 1.82. The van der Waals surface area contributed by atoms with Crippen molar-refractivity contribution in [3.8, 4) is 5.75 Å². The van der Waals surface area contributed by atoms with E-state index in [1.807, 2.05) is 0 Å². The summed E-state index contributed by atoms with van der Waals surface area (Å²) < 4.78 is 53.7. The minimum Gasteiger partial charge on any atom is -0.406 e. The predicted molar refractivity (Wildman–Crippen MR) is 73.3 cm³/mol. The molecule has 0 spiro atoms. The maximum absolute atomic E-state index is 13.5. The third-order valence-corrected chi connectivity index (χ3v) is 3.63. The second-order valence-electron chi connectivity index (χ2n) is 4.24. The number of rotatable bonds is 3. The number of benzene rings is 2. The quantitative estimate of drug-likeness (QED) is 0.812. The molecule has 2 rings (SSSR count). The highest BCUT2D eigenvalue weighted by Gasteiger charge is 2.31. The van der Waals surface area contributed by atoms with E-state index in [-0.39, 0.29) is 10.2 Å². The van der Waals surface area contributed by atoms with Crippen molar-refractivity contribution in [3.05, 3.63) is 63.9 Å². The SMILES string of the molecule is N[C@@H](c1ccc(OC(F)(F)F)cc1)c1cccc(F)c1Br. The van der Waals surface area contributed by atoms with Crippen molar-refractivity contribution in [2.24, 2.45) is 5.73 Å². The van der Waals surface area contributed by atoms with E-state index in [0.29, 0.717) is 11.1 Å². The van der Waals surface area contributed by atoms with Gasteiger partial charge in [0.15, 0.2) is 0 Å². The molecule has 7 heteroatoms. The smallest absolute Gasteiger partial charge is 0.406 e. The molecule has 0 aromatic heterocycles. The zero-order chi connectivity index (χ0) is 15.6. The second kappa shape index (κ2) is 6.03. The van der Waals surface area contributed by atoms with Crippen LogP contribution in [-0.4, -0.2) is 6.36 Å². The molecule has 21 heavy (non-hydrogen) atoms. The normalized spacial score (nSPS) is 13.0. The molecule has 0 heterocycles. The van der Waals surface area contributed by atoms with E-state index in [1.54, 1.807) is 6.07 Å². The summed E-state index contributed by atoms with van der Waals surface area (Å²) in [6.07, 6.45) is -4.74. The molecule has 0 aliphatic carbocycles. The van der Waals surface area contributed by atoms with Crippen LogP contribution in [0.2, 0.25) is 0 Å². The van der Waals surface area contributed by atoms with E-state index < -0.39 is 18.2 Å². The lowest BCUT2D eigenvalue weighted by molar-refractivity contribution is -0.274. The molecule has 0 aliphatic heterocycles. The molecule has 2 aromatic carbocycles. The summed E-state index contributed by atoms with van der Waals surface area (Å²) in [5.74, 6) is -0.795. The van der Waals surface area contributed by atoms with Crippen molar-refractivity contribution in [3.63, 3.8) is 0 Å². The summed E-state index contributed by atoms with van der Waals surface area (Å²) in [6, 6.07) is 8.89. The first-order chi connectivity index (χ1) is 9.78. The van der Waals surface area contributed by atoms with E-state index in [2.05, 4.69) is 20.7 Å². The van der Waals surface area contributed by atoms with Gasteiger partial charge >= 0.3 is 6.36 Å². The van der Waals surface area contributed by atoms with Crippen molar-refractivity contribution < 1.29 is 22.3 Å². The Kier molecular flexibility index (Phi) is 4.53. The molecule has 0 saturated heterocycles. The lowest BCUT2D eigenvalue weighted by atomic mass is 9.99. The molecule has 0 fully saturated rings. The average Bonchev–Trinajstić information content (AvgIpc) is 2.40. The minimum atomic E-state index is -4.74. The number of ether oxygens (including phenoxy) is 1. The van der Waals surface area contributed by atoms with Gasteiger partial charge in [0.05, 0.1) is 10.5 Å². The summed E-state index contributed by atoms with van der Waals surface area (Å²) in [5, 5.41) is 0. The van der Waals surface area contributed by atoms with Gasteiger partial charge in [-0.3, -0.25) is 0 Å². The first-order valence-electron chi connectivity index (χ1n) is 5.83. The Morgan fingerprint density at radius 3 is 2.24 bits per heavy atom. The zero-order valence-electron chi connectivity index (χ0n) is 10.5. The van der Waals surface area contributed by atoms with Crippen molar-refractivity contribution in [2.75, 3.05) is 0 Å². The third kappa shape index (κ3) is 3.95. The molecule has 0 radical (unpaired) electrons. The third-order valence-electron chi connectivity index (χ3n) is 2.79. The first-order valence-corrected chi connectivity index (χ1v) is 6.62. The van der Waals surface area contributed by atoms with Gasteiger partial charge in [-0.05, 0) is 45.3 Å². The van der Waals surface area contributed by atoms with Crippen LogP contribution < -0.4 is 10.5 Å². The van der Waals surface area contributed by atoms with Crippen LogP contribution in [0.5, 0.6) is 5.75 Å². The molecule has 0 aliphatic rings. The topological polar surface area (TPSA) is 35.2 Å². The van der Waals surface area contributed by atoms with Gasteiger partial charge in [-0.2, -0.15) is 0 Å². The van der Waals surface area contributed by atoms with Crippen molar-refractivity contribution >= 4 is 15.9 Å². The second-order valence-corrected chi connectivity index (χ2v) is 5.03. The highest BCUT2D eigenvalue weighted by Crippen LogP contribution is 2.30. The van der Waals surface area contributed by atoms with Crippen molar-refractivity contribution in [2.45, 2.75) is 12.4 Å². The molecule has 0 bridgehead atoms. The maximum Gasteiger partial charge on any atom is 0.573 e. The molecule has 2 N–H and O–H groups in total. The number of hydrogen-bond acceptors (Lipinski definition) is 2. The maximum atomic E-state index is 13.5. The Morgan fingerprint density at radius 1 is 1.05 bits per heavy atom. The van der Waals surface area contributed by atoms with Gasteiger partial charge in [0.2, 0.25) is 0 Å². The van der Waals surface area contributed by atoms with Gasteiger partial charge in [0.25, 0.3) is 0 Å². The van der Waals surface area contributed by atoms with Gasteiger partial charge in [0, 0.05) is 0 Å². The van der Waals surface area contributed by atoms with E-state index in [0.717, 1.165) is 12.1 Å². The Hall–Kier alpha value is -1.60. The predicted octanol–water partition coefficient (Wildman–Crippen LogP) is 4.53. The minimum absolute atomic E-state index is 0.230. The van der Waals surface area contributed by atoms with Crippen LogP contribution in [0.3, 0.4) is 0 Å². The Morgan fingerprint density at radius 2 is 1.67 bits per heavy atom. The monoisotopic (exact) mass is 363 g/mol. The lowest BCUT2D eigenvalue weighted by Crippen LogP contribution is -2.17. The lowest BCUT2D eigenvalue weighted by Gasteiger charge is -2.15. The Balaban J connectivity index is 2.24. The standard InChI is InChI=1S/C14H10BrF4NO/c15-12-10(2-1-3-11(12)16)13(20)8-4-6-9(7-5-8)21-14(17,18)19/h1-7,13H,20H2/t13-/m0/s1. The summed E-state index contributed by atoms with van der Waals surface area (Å²) >= 11 is 3.10. The van der Waals surface area contributed by atoms with E-state index in [9.17, 15) is 17.6 Å². The van der Waals surface area contributed by atoms with Crippen LogP contribution in [0, 0.1) is 5.82 Å². The van der Waals surface area contributed by atoms with Crippen LogP contribution in [0.1, 0.15) is 17.2 Å². The summed E-state index contributed by atoms with van der Waals surface area (Å²) in [5.41, 5.74) is 7.04. The molecule has 2 nitrogen and oxygen atoms in total. The van der Waals surface area contributed by atoms with Crippen molar-refractivity contribution in [1.29, 1.82) is 0 Å². The molecule has 0 amide bonds. The van der Waals surface area contributed by atoms with Gasteiger partial charge < -0.3 is 10.5 Å². The first kappa shape index (κ1) is 15.8. The van der Waals surface area contributed by atoms with E-state index >= 15 is 0 Å². The fourth-order valence-corrected chi connectivity index (χ4v) is 2.33. The van der Waals surface area contributed by atoms with E-state index in [4.69, 9.17) is 5.73 Å². The summed E-state index contributed by atoms with van der Waals surface area (Å²) in [4.78, 5) is 0. The van der Waals surface area contributed by atoms with Gasteiger partial charge in [0.1, 0.15) is 11.6 Å². The van der Waals surface area contributed by atoms with Crippen LogP contribution >= 0.6 is 15.9 Å². The average molecular weight is 364 g/mol. The number of alkyl halides is 3. The number of nitrogens with two attached hydrogens (primary N) is 1. The summed E-state index contributed by atoms with van der Waals surface area (Å²) in [7, 11) is 0. The summed E-state index contributed by atoms with van der Waals surface area (Å²) in [6.45, 7) is 0. The molecular weight excluding hydrogens is 354 g/mol.